The van der Waals surface area contributed by atoms with Crippen LogP contribution >= 0.6 is 11.6 Å². The lowest BCUT2D eigenvalue weighted by Crippen LogP contribution is -2.26. The summed E-state index contributed by atoms with van der Waals surface area (Å²) in [6, 6.07) is 5.60. The van der Waals surface area contributed by atoms with E-state index in [1.165, 1.54) is 6.33 Å². The first-order chi connectivity index (χ1) is 9.74. The predicted octanol–water partition coefficient (Wildman–Crippen LogP) is 1.76. The van der Waals surface area contributed by atoms with Gasteiger partial charge in [0.15, 0.2) is 5.82 Å². The average Bonchev–Trinajstić information content (AvgIpc) is 2.91. The van der Waals surface area contributed by atoms with E-state index in [0.717, 1.165) is 13.0 Å². The molecule has 6 nitrogen and oxygen atoms in total. The summed E-state index contributed by atoms with van der Waals surface area (Å²) in [6.07, 6.45) is 4.08. The van der Waals surface area contributed by atoms with E-state index >= 15 is 0 Å². The normalized spacial score (nSPS) is 18.2. The fourth-order valence-electron chi connectivity index (χ4n) is 2.20. The van der Waals surface area contributed by atoms with Crippen molar-refractivity contribution in [2.75, 3.05) is 23.7 Å². The van der Waals surface area contributed by atoms with Gasteiger partial charge in [0, 0.05) is 25.2 Å². The molecule has 1 aliphatic rings. The van der Waals surface area contributed by atoms with E-state index in [0.29, 0.717) is 29.1 Å². The van der Waals surface area contributed by atoms with Crippen molar-refractivity contribution in [3.05, 3.63) is 35.7 Å². The van der Waals surface area contributed by atoms with E-state index in [-0.39, 0.29) is 6.10 Å². The van der Waals surface area contributed by atoms with E-state index < -0.39 is 0 Å². The number of rotatable bonds is 3. The third kappa shape index (κ3) is 2.60. The van der Waals surface area contributed by atoms with Crippen LogP contribution in [0.1, 0.15) is 6.42 Å². The summed E-state index contributed by atoms with van der Waals surface area (Å²) < 4.78 is 5.83. The van der Waals surface area contributed by atoms with Crippen LogP contribution < -0.4 is 15.4 Å². The smallest absolute Gasteiger partial charge is 0.213 e. The Kier molecular flexibility index (Phi) is 3.56. The molecule has 3 rings (SSSR count). The number of ether oxygens (including phenoxy) is 1. The highest BCUT2D eigenvalue weighted by molar-refractivity contribution is 6.35. The molecular formula is C13H14ClN5O. The summed E-state index contributed by atoms with van der Waals surface area (Å²) in [5, 5.41) is 0.394. The summed E-state index contributed by atoms with van der Waals surface area (Å²) in [4.78, 5) is 14.3. The highest BCUT2D eigenvalue weighted by Crippen LogP contribution is 2.30. The van der Waals surface area contributed by atoms with Crippen molar-refractivity contribution in [1.82, 2.24) is 15.0 Å². The minimum absolute atomic E-state index is 0.0668. The topological polar surface area (TPSA) is 77.2 Å². The quantitative estimate of drug-likeness (QED) is 0.928. The first kappa shape index (κ1) is 12.9. The van der Waals surface area contributed by atoms with Gasteiger partial charge in [-0.05, 0) is 6.07 Å². The molecular weight excluding hydrogens is 278 g/mol. The Morgan fingerprint density at radius 1 is 1.30 bits per heavy atom. The van der Waals surface area contributed by atoms with E-state index in [2.05, 4.69) is 15.0 Å². The Balaban J connectivity index is 1.69. The Morgan fingerprint density at radius 3 is 3.00 bits per heavy atom. The molecule has 0 aromatic carbocycles. The molecule has 1 unspecified atom stereocenters. The summed E-state index contributed by atoms with van der Waals surface area (Å²) in [7, 11) is 0. The van der Waals surface area contributed by atoms with Gasteiger partial charge < -0.3 is 15.4 Å². The molecule has 0 aliphatic carbocycles. The molecule has 2 aromatic rings. The lowest BCUT2D eigenvalue weighted by atomic mass is 10.3. The van der Waals surface area contributed by atoms with Gasteiger partial charge in [0.25, 0.3) is 0 Å². The van der Waals surface area contributed by atoms with E-state index in [4.69, 9.17) is 22.1 Å². The Morgan fingerprint density at radius 2 is 2.20 bits per heavy atom. The number of hydrogen-bond donors (Lipinski definition) is 1. The largest absolute Gasteiger partial charge is 0.472 e. The van der Waals surface area contributed by atoms with E-state index in [1.54, 1.807) is 6.20 Å². The second-order valence-corrected chi connectivity index (χ2v) is 4.92. The summed E-state index contributed by atoms with van der Waals surface area (Å²) in [6.45, 7) is 1.51. The summed E-state index contributed by atoms with van der Waals surface area (Å²) in [5.41, 5.74) is 5.70. The zero-order valence-electron chi connectivity index (χ0n) is 10.7. The van der Waals surface area contributed by atoms with Crippen LogP contribution in [-0.2, 0) is 0 Å². The second-order valence-electron chi connectivity index (χ2n) is 4.54. The molecule has 104 valence electrons. The molecule has 1 atom stereocenters. The zero-order valence-corrected chi connectivity index (χ0v) is 11.5. The van der Waals surface area contributed by atoms with Crippen molar-refractivity contribution < 1.29 is 4.74 Å². The molecule has 2 N–H and O–H groups in total. The first-order valence-electron chi connectivity index (χ1n) is 6.32. The lowest BCUT2D eigenvalue weighted by molar-refractivity contribution is 0.216. The highest BCUT2D eigenvalue weighted by atomic mass is 35.5. The number of nitrogens with two attached hydrogens (primary N) is 1. The molecule has 0 amide bonds. The number of pyridine rings is 1. The van der Waals surface area contributed by atoms with Crippen molar-refractivity contribution in [2.24, 2.45) is 0 Å². The van der Waals surface area contributed by atoms with Gasteiger partial charge in [0.2, 0.25) is 5.88 Å². The number of nitrogens with zero attached hydrogens (tertiary/aromatic N) is 4. The van der Waals surface area contributed by atoms with Crippen LogP contribution in [0.2, 0.25) is 5.02 Å². The summed E-state index contributed by atoms with van der Waals surface area (Å²) >= 11 is 6.14. The van der Waals surface area contributed by atoms with Gasteiger partial charge in [-0.3, -0.25) is 0 Å². The minimum atomic E-state index is 0.0668. The first-order valence-corrected chi connectivity index (χ1v) is 6.70. The van der Waals surface area contributed by atoms with E-state index in [1.807, 2.05) is 23.1 Å². The van der Waals surface area contributed by atoms with Crippen LogP contribution in [0.15, 0.2) is 30.7 Å². The molecule has 1 aliphatic heterocycles. The molecule has 2 aromatic heterocycles. The van der Waals surface area contributed by atoms with Crippen molar-refractivity contribution in [1.29, 1.82) is 0 Å². The predicted molar refractivity (Wildman–Crippen MR) is 76.9 cm³/mol. The average molecular weight is 292 g/mol. The van der Waals surface area contributed by atoms with Gasteiger partial charge >= 0.3 is 0 Å². The fraction of sp³-hybridized carbons (Fsp3) is 0.308. The van der Waals surface area contributed by atoms with Gasteiger partial charge in [0.1, 0.15) is 23.3 Å². The van der Waals surface area contributed by atoms with Crippen LogP contribution in [0.5, 0.6) is 5.88 Å². The maximum absolute atomic E-state index is 6.14. The van der Waals surface area contributed by atoms with Crippen molar-refractivity contribution in [3.63, 3.8) is 0 Å². The van der Waals surface area contributed by atoms with Crippen LogP contribution in [0, 0.1) is 0 Å². The van der Waals surface area contributed by atoms with Gasteiger partial charge in [-0.25, -0.2) is 15.0 Å². The molecule has 0 radical (unpaired) electrons. The monoisotopic (exact) mass is 291 g/mol. The number of aromatic nitrogens is 3. The minimum Gasteiger partial charge on any atom is -0.472 e. The molecule has 0 bridgehead atoms. The fourth-order valence-corrected chi connectivity index (χ4v) is 2.42. The number of anilines is 2. The number of halogens is 1. The summed E-state index contributed by atoms with van der Waals surface area (Å²) in [5.74, 6) is 1.59. The standard InChI is InChI=1S/C13H14ClN5O/c14-11-12(15)17-8-18-13(11)19-6-4-9(7-19)20-10-3-1-2-5-16-10/h1-3,5,8-9H,4,6-7H2,(H2,15,17,18). The Bertz CT molecular complexity index is 595. The van der Waals surface area contributed by atoms with Gasteiger partial charge in [-0.15, -0.1) is 0 Å². The van der Waals surface area contributed by atoms with Gasteiger partial charge in [-0.1, -0.05) is 17.7 Å². The number of nitrogen functional groups attached to an aromatic ring is 1. The van der Waals surface area contributed by atoms with Crippen LogP contribution in [0.3, 0.4) is 0 Å². The third-order valence-electron chi connectivity index (χ3n) is 3.17. The molecule has 0 spiro atoms. The maximum atomic E-state index is 6.14. The van der Waals surface area contributed by atoms with Crippen molar-refractivity contribution in [3.8, 4) is 5.88 Å². The van der Waals surface area contributed by atoms with Gasteiger partial charge in [0.05, 0.1) is 6.54 Å². The molecule has 20 heavy (non-hydrogen) atoms. The Hall–Kier alpha value is -2.08. The van der Waals surface area contributed by atoms with Crippen molar-refractivity contribution in [2.45, 2.75) is 12.5 Å². The molecule has 1 fully saturated rings. The Labute approximate surface area is 121 Å². The lowest BCUT2D eigenvalue weighted by Gasteiger charge is -2.19. The highest BCUT2D eigenvalue weighted by Gasteiger charge is 2.27. The SMILES string of the molecule is Nc1ncnc(N2CCC(Oc3ccccn3)C2)c1Cl. The van der Waals surface area contributed by atoms with Crippen LogP contribution in [0.25, 0.3) is 0 Å². The molecule has 1 saturated heterocycles. The molecule has 7 heteroatoms. The maximum Gasteiger partial charge on any atom is 0.213 e. The van der Waals surface area contributed by atoms with Crippen LogP contribution in [-0.4, -0.2) is 34.1 Å². The zero-order chi connectivity index (χ0) is 13.9. The van der Waals surface area contributed by atoms with Crippen LogP contribution in [0.4, 0.5) is 11.6 Å². The molecule has 0 saturated carbocycles. The van der Waals surface area contributed by atoms with Crippen molar-refractivity contribution >= 4 is 23.2 Å². The molecule has 3 heterocycles. The third-order valence-corrected chi connectivity index (χ3v) is 3.53. The number of hydrogen-bond acceptors (Lipinski definition) is 6. The van der Waals surface area contributed by atoms with Gasteiger partial charge in [-0.2, -0.15) is 0 Å². The second kappa shape index (κ2) is 5.50. The van der Waals surface area contributed by atoms with E-state index in [9.17, 15) is 0 Å².